The van der Waals surface area contributed by atoms with Crippen LogP contribution in [0.3, 0.4) is 0 Å². The number of hydrogen-bond donors (Lipinski definition) is 0. The van der Waals surface area contributed by atoms with Crippen LogP contribution in [0.25, 0.3) is 11.4 Å². The summed E-state index contributed by atoms with van der Waals surface area (Å²) in [7, 11) is 0. The summed E-state index contributed by atoms with van der Waals surface area (Å²) in [4.78, 5) is 22.9. The Kier molecular flexibility index (Phi) is 6.15. The standard InChI is InChI=1S/C27H31ClN4O/c1-19-7-10-21(11-8-19)26-29-25(23-6-4-3-5-13-32(23)26)27(33)31-16-14-30(15-17-31)24-18-22(28)12-9-20(24)2/h7-12,18H,3-6,13-17H2,1-2H3. The monoisotopic (exact) mass is 462 g/mol. The molecule has 0 N–H and O–H groups in total. The van der Waals surface area contributed by atoms with E-state index in [9.17, 15) is 4.79 Å². The Balaban J connectivity index is 1.40. The molecule has 1 saturated heterocycles. The highest BCUT2D eigenvalue weighted by Crippen LogP contribution is 2.29. The summed E-state index contributed by atoms with van der Waals surface area (Å²) >= 11 is 6.24. The van der Waals surface area contributed by atoms with E-state index in [1.807, 2.05) is 17.0 Å². The number of anilines is 1. The summed E-state index contributed by atoms with van der Waals surface area (Å²) in [6, 6.07) is 14.5. The van der Waals surface area contributed by atoms with Gasteiger partial charge in [-0.15, -0.1) is 0 Å². The molecular weight excluding hydrogens is 432 g/mol. The first-order valence-electron chi connectivity index (χ1n) is 12.0. The molecule has 0 saturated carbocycles. The van der Waals surface area contributed by atoms with Crippen LogP contribution < -0.4 is 4.90 Å². The fourth-order valence-electron chi connectivity index (χ4n) is 5.04. The van der Waals surface area contributed by atoms with Crippen LogP contribution in [0.1, 0.15) is 46.6 Å². The molecule has 0 aliphatic carbocycles. The Morgan fingerprint density at radius 1 is 0.909 bits per heavy atom. The van der Waals surface area contributed by atoms with Crippen LogP contribution in [0.4, 0.5) is 5.69 Å². The van der Waals surface area contributed by atoms with Crippen LogP contribution in [-0.2, 0) is 13.0 Å². The summed E-state index contributed by atoms with van der Waals surface area (Å²) < 4.78 is 2.30. The highest BCUT2D eigenvalue weighted by Gasteiger charge is 2.29. The second-order valence-corrected chi connectivity index (χ2v) is 9.71. The fourth-order valence-corrected chi connectivity index (χ4v) is 5.20. The van der Waals surface area contributed by atoms with E-state index in [0.717, 1.165) is 66.7 Å². The predicted octanol–water partition coefficient (Wildman–Crippen LogP) is 5.51. The maximum atomic E-state index is 13.7. The molecule has 2 aliphatic rings. The Hall–Kier alpha value is -2.79. The minimum absolute atomic E-state index is 0.0708. The van der Waals surface area contributed by atoms with Gasteiger partial charge in [0.25, 0.3) is 5.91 Å². The molecule has 2 aliphatic heterocycles. The predicted molar refractivity (Wildman–Crippen MR) is 134 cm³/mol. The lowest BCUT2D eigenvalue weighted by Gasteiger charge is -2.36. The number of rotatable bonds is 3. The maximum absolute atomic E-state index is 13.7. The lowest BCUT2D eigenvalue weighted by molar-refractivity contribution is 0.0740. The van der Waals surface area contributed by atoms with Crippen molar-refractivity contribution < 1.29 is 4.79 Å². The number of piperazine rings is 1. The number of aryl methyl sites for hydroxylation is 2. The van der Waals surface area contributed by atoms with Crippen molar-refractivity contribution in [3.63, 3.8) is 0 Å². The molecule has 172 valence electrons. The summed E-state index contributed by atoms with van der Waals surface area (Å²) in [5.74, 6) is 1.00. The molecule has 1 fully saturated rings. The summed E-state index contributed by atoms with van der Waals surface area (Å²) in [6.07, 6.45) is 4.36. The third-order valence-corrected chi connectivity index (χ3v) is 7.19. The lowest BCUT2D eigenvalue weighted by atomic mass is 10.1. The Labute approximate surface area is 201 Å². The van der Waals surface area contributed by atoms with Crippen LogP contribution in [0.5, 0.6) is 0 Å². The number of benzene rings is 2. The molecule has 0 unspecified atom stereocenters. The third-order valence-electron chi connectivity index (χ3n) is 6.96. The van der Waals surface area contributed by atoms with Gasteiger partial charge in [-0.2, -0.15) is 0 Å². The van der Waals surface area contributed by atoms with E-state index < -0.39 is 0 Å². The topological polar surface area (TPSA) is 41.4 Å². The number of halogens is 1. The third kappa shape index (κ3) is 4.39. The molecule has 33 heavy (non-hydrogen) atoms. The van der Waals surface area contributed by atoms with Crippen LogP contribution in [0.2, 0.25) is 5.02 Å². The van der Waals surface area contributed by atoms with Crippen molar-refractivity contribution in [2.45, 2.75) is 46.1 Å². The van der Waals surface area contributed by atoms with Crippen molar-refractivity contribution in [3.8, 4) is 11.4 Å². The molecule has 5 nitrogen and oxygen atoms in total. The highest BCUT2D eigenvalue weighted by molar-refractivity contribution is 6.30. The summed E-state index contributed by atoms with van der Waals surface area (Å²) in [5, 5.41) is 0.749. The zero-order chi connectivity index (χ0) is 22.9. The zero-order valence-electron chi connectivity index (χ0n) is 19.5. The second kappa shape index (κ2) is 9.22. The van der Waals surface area contributed by atoms with Crippen molar-refractivity contribution in [1.29, 1.82) is 0 Å². The van der Waals surface area contributed by atoms with Gasteiger partial charge in [-0.25, -0.2) is 4.98 Å². The average molecular weight is 463 g/mol. The largest absolute Gasteiger partial charge is 0.368 e. The first-order chi connectivity index (χ1) is 16.0. The normalized spacial score (nSPS) is 16.5. The SMILES string of the molecule is Cc1ccc(-c2nc(C(=O)N3CCN(c4cc(Cl)ccc4C)CC3)c3n2CCCCC3)cc1. The van der Waals surface area contributed by atoms with Gasteiger partial charge in [-0.1, -0.05) is 53.9 Å². The molecule has 5 rings (SSSR count). The van der Waals surface area contributed by atoms with Crippen molar-refractivity contribution in [3.05, 3.63) is 70.0 Å². The van der Waals surface area contributed by atoms with E-state index in [1.54, 1.807) is 0 Å². The van der Waals surface area contributed by atoms with Gasteiger partial charge >= 0.3 is 0 Å². The van der Waals surface area contributed by atoms with E-state index in [1.165, 1.54) is 17.5 Å². The molecule has 3 aromatic rings. The number of imidazole rings is 1. The first kappa shape index (κ1) is 22.0. The van der Waals surface area contributed by atoms with E-state index in [2.05, 4.69) is 53.6 Å². The van der Waals surface area contributed by atoms with Gasteiger partial charge in [0, 0.05) is 49.0 Å². The van der Waals surface area contributed by atoms with Gasteiger partial charge in [0.2, 0.25) is 0 Å². The van der Waals surface area contributed by atoms with E-state index in [0.29, 0.717) is 18.8 Å². The molecule has 6 heteroatoms. The minimum Gasteiger partial charge on any atom is -0.368 e. The van der Waals surface area contributed by atoms with Crippen molar-refractivity contribution in [2.75, 3.05) is 31.1 Å². The second-order valence-electron chi connectivity index (χ2n) is 9.27. The molecule has 1 amide bonds. The molecule has 1 aromatic heterocycles. The molecular formula is C27H31ClN4O. The number of nitrogens with zero attached hydrogens (tertiary/aromatic N) is 4. The number of fused-ring (bicyclic) bond motifs is 1. The van der Waals surface area contributed by atoms with Gasteiger partial charge in [0.1, 0.15) is 11.5 Å². The molecule has 3 heterocycles. The number of amides is 1. The maximum Gasteiger partial charge on any atom is 0.274 e. The molecule has 0 radical (unpaired) electrons. The highest BCUT2D eigenvalue weighted by atomic mass is 35.5. The molecule has 2 aromatic carbocycles. The van der Waals surface area contributed by atoms with Crippen molar-refractivity contribution in [1.82, 2.24) is 14.5 Å². The Morgan fingerprint density at radius 2 is 1.67 bits per heavy atom. The molecule has 0 bridgehead atoms. The average Bonchev–Trinajstić information content (AvgIpc) is 3.01. The van der Waals surface area contributed by atoms with Crippen LogP contribution in [0, 0.1) is 13.8 Å². The Bertz CT molecular complexity index is 1160. The quantitative estimate of drug-likeness (QED) is 0.515. The van der Waals surface area contributed by atoms with Gasteiger partial charge in [0.15, 0.2) is 0 Å². The number of carbonyl (C=O) groups excluding carboxylic acids is 1. The van der Waals surface area contributed by atoms with Crippen molar-refractivity contribution >= 4 is 23.2 Å². The number of carbonyl (C=O) groups is 1. The van der Waals surface area contributed by atoms with E-state index >= 15 is 0 Å². The van der Waals surface area contributed by atoms with Gasteiger partial charge < -0.3 is 14.4 Å². The number of hydrogen-bond acceptors (Lipinski definition) is 3. The van der Waals surface area contributed by atoms with Crippen LogP contribution in [0.15, 0.2) is 42.5 Å². The van der Waals surface area contributed by atoms with Gasteiger partial charge in [-0.3, -0.25) is 4.79 Å². The summed E-state index contributed by atoms with van der Waals surface area (Å²) in [6.45, 7) is 8.11. The smallest absolute Gasteiger partial charge is 0.274 e. The zero-order valence-corrected chi connectivity index (χ0v) is 20.2. The molecule has 0 spiro atoms. The fraction of sp³-hybridized carbons (Fsp3) is 0.407. The lowest BCUT2D eigenvalue weighted by Crippen LogP contribution is -2.49. The van der Waals surface area contributed by atoms with Crippen LogP contribution in [-0.4, -0.2) is 46.5 Å². The summed E-state index contributed by atoms with van der Waals surface area (Å²) in [5.41, 5.74) is 6.45. The minimum atomic E-state index is 0.0708. The Morgan fingerprint density at radius 3 is 2.42 bits per heavy atom. The molecule has 0 atom stereocenters. The van der Waals surface area contributed by atoms with Gasteiger partial charge in [0.05, 0.1) is 5.69 Å². The van der Waals surface area contributed by atoms with E-state index in [-0.39, 0.29) is 5.91 Å². The van der Waals surface area contributed by atoms with E-state index in [4.69, 9.17) is 16.6 Å². The van der Waals surface area contributed by atoms with Crippen LogP contribution >= 0.6 is 11.6 Å². The number of aromatic nitrogens is 2. The first-order valence-corrected chi connectivity index (χ1v) is 12.4. The van der Waals surface area contributed by atoms with Crippen molar-refractivity contribution in [2.24, 2.45) is 0 Å². The van der Waals surface area contributed by atoms with Gasteiger partial charge in [-0.05, 0) is 50.8 Å².